The number of halogens is 1. The van der Waals surface area contributed by atoms with Gasteiger partial charge in [0, 0.05) is 21.2 Å². The normalized spacial score (nSPS) is 10.6. The molecular formula is C23H15BrN2O4. The third kappa shape index (κ3) is 4.36. The summed E-state index contributed by atoms with van der Waals surface area (Å²) >= 11 is 3.39. The van der Waals surface area contributed by atoms with Gasteiger partial charge < -0.3 is 9.26 Å². The van der Waals surface area contributed by atoms with Gasteiger partial charge in [-0.1, -0.05) is 81.8 Å². The Morgan fingerprint density at radius 2 is 1.63 bits per heavy atom. The van der Waals surface area contributed by atoms with E-state index in [4.69, 9.17) is 9.26 Å². The summed E-state index contributed by atoms with van der Waals surface area (Å²) in [7, 11) is 0. The maximum absolute atomic E-state index is 12.8. The van der Waals surface area contributed by atoms with Crippen LogP contribution >= 0.6 is 15.9 Å². The molecule has 0 unspecified atom stereocenters. The first kappa shape index (κ1) is 19.7. The molecule has 0 radical (unpaired) electrons. The maximum atomic E-state index is 12.8. The van der Waals surface area contributed by atoms with Gasteiger partial charge in [-0.2, -0.15) is 4.98 Å². The lowest BCUT2D eigenvalue weighted by Crippen LogP contribution is -2.12. The van der Waals surface area contributed by atoms with E-state index < -0.39 is 5.97 Å². The molecular weight excluding hydrogens is 448 g/mol. The third-order valence-electron chi connectivity index (χ3n) is 4.31. The minimum Gasteiger partial charge on any atom is -0.452 e. The van der Waals surface area contributed by atoms with E-state index in [0.29, 0.717) is 11.4 Å². The maximum Gasteiger partial charge on any atom is 0.339 e. The number of carbonyl (C=O) groups is 2. The standard InChI is InChI=1S/C23H15BrN2O4/c24-17-10-6-9-16(13-17)22-25-20(30-26-22)14-29-23(28)19-12-5-4-11-18(19)21(27)15-7-2-1-3-8-15/h1-13H,14H2. The predicted molar refractivity (Wildman–Crippen MR) is 113 cm³/mol. The molecule has 4 rings (SSSR count). The summed E-state index contributed by atoms with van der Waals surface area (Å²) in [6, 6.07) is 22.7. The van der Waals surface area contributed by atoms with Crippen molar-refractivity contribution in [2.75, 3.05) is 0 Å². The Labute approximate surface area is 180 Å². The quantitative estimate of drug-likeness (QED) is 0.293. The fourth-order valence-corrected chi connectivity index (χ4v) is 3.27. The molecule has 0 bridgehead atoms. The second-order valence-electron chi connectivity index (χ2n) is 6.34. The van der Waals surface area contributed by atoms with E-state index in [1.165, 1.54) is 0 Å². The van der Waals surface area contributed by atoms with Crippen LogP contribution in [0.1, 0.15) is 32.2 Å². The fourth-order valence-electron chi connectivity index (χ4n) is 2.87. The Balaban J connectivity index is 1.49. The zero-order valence-electron chi connectivity index (χ0n) is 15.6. The first-order chi connectivity index (χ1) is 14.6. The fraction of sp³-hybridized carbons (Fsp3) is 0.0435. The summed E-state index contributed by atoms with van der Waals surface area (Å²) in [6.45, 7) is -0.201. The Hall–Kier alpha value is -3.58. The first-order valence-electron chi connectivity index (χ1n) is 9.06. The van der Waals surface area contributed by atoms with Gasteiger partial charge in [0.05, 0.1) is 5.56 Å². The van der Waals surface area contributed by atoms with Crippen LogP contribution in [0.15, 0.2) is 87.9 Å². The minimum absolute atomic E-state index is 0.158. The van der Waals surface area contributed by atoms with Gasteiger partial charge in [-0.15, -0.1) is 0 Å². The molecule has 1 heterocycles. The summed E-state index contributed by atoms with van der Waals surface area (Å²) in [6.07, 6.45) is 0. The number of esters is 1. The number of carbonyl (C=O) groups excluding carboxylic acids is 2. The highest BCUT2D eigenvalue weighted by molar-refractivity contribution is 9.10. The van der Waals surface area contributed by atoms with Crippen molar-refractivity contribution in [3.63, 3.8) is 0 Å². The lowest BCUT2D eigenvalue weighted by atomic mass is 9.98. The molecule has 7 heteroatoms. The number of benzene rings is 3. The zero-order chi connectivity index (χ0) is 20.9. The highest BCUT2D eigenvalue weighted by Gasteiger charge is 2.20. The molecule has 0 N–H and O–H groups in total. The van der Waals surface area contributed by atoms with Crippen molar-refractivity contribution in [3.8, 4) is 11.4 Å². The molecule has 0 fully saturated rings. The van der Waals surface area contributed by atoms with Crippen molar-refractivity contribution >= 4 is 27.7 Å². The van der Waals surface area contributed by atoms with Crippen LogP contribution in [-0.2, 0) is 11.3 Å². The molecule has 6 nitrogen and oxygen atoms in total. The lowest BCUT2D eigenvalue weighted by Gasteiger charge is -2.08. The average Bonchev–Trinajstić information content (AvgIpc) is 3.27. The van der Waals surface area contributed by atoms with Gasteiger partial charge in [-0.25, -0.2) is 4.79 Å². The molecule has 0 atom stereocenters. The van der Waals surface area contributed by atoms with Crippen molar-refractivity contribution in [1.82, 2.24) is 10.1 Å². The lowest BCUT2D eigenvalue weighted by molar-refractivity contribution is 0.0427. The number of rotatable bonds is 6. The van der Waals surface area contributed by atoms with E-state index in [2.05, 4.69) is 26.1 Å². The number of nitrogens with zero attached hydrogens (tertiary/aromatic N) is 2. The number of aromatic nitrogens is 2. The summed E-state index contributed by atoms with van der Waals surface area (Å²) in [5, 5.41) is 3.91. The van der Waals surface area contributed by atoms with Crippen molar-refractivity contribution in [2.45, 2.75) is 6.61 Å². The van der Waals surface area contributed by atoms with Gasteiger partial charge in [0.15, 0.2) is 12.4 Å². The third-order valence-corrected chi connectivity index (χ3v) is 4.80. The van der Waals surface area contributed by atoms with Crippen molar-refractivity contribution in [1.29, 1.82) is 0 Å². The Kier molecular flexibility index (Phi) is 5.81. The van der Waals surface area contributed by atoms with Crippen molar-refractivity contribution < 1.29 is 18.8 Å². The largest absolute Gasteiger partial charge is 0.452 e. The summed E-state index contributed by atoms with van der Waals surface area (Å²) in [5.41, 5.74) is 1.71. The van der Waals surface area contributed by atoms with Crippen LogP contribution in [0.3, 0.4) is 0 Å². The number of ether oxygens (including phenoxy) is 1. The summed E-state index contributed by atoms with van der Waals surface area (Å²) < 4.78 is 11.4. The topological polar surface area (TPSA) is 82.3 Å². The molecule has 0 amide bonds. The van der Waals surface area contributed by atoms with E-state index >= 15 is 0 Å². The second-order valence-corrected chi connectivity index (χ2v) is 7.25. The van der Waals surface area contributed by atoms with Gasteiger partial charge in [0.1, 0.15) is 0 Å². The van der Waals surface area contributed by atoms with E-state index in [-0.39, 0.29) is 29.4 Å². The van der Waals surface area contributed by atoms with Crippen LogP contribution in [-0.4, -0.2) is 21.9 Å². The Morgan fingerprint density at radius 3 is 2.40 bits per heavy atom. The monoisotopic (exact) mass is 462 g/mol. The van der Waals surface area contributed by atoms with Crippen LogP contribution in [0.25, 0.3) is 11.4 Å². The number of hydrogen-bond acceptors (Lipinski definition) is 6. The highest BCUT2D eigenvalue weighted by atomic mass is 79.9. The molecule has 0 saturated carbocycles. The van der Waals surface area contributed by atoms with Crippen molar-refractivity contribution in [3.05, 3.63) is 106 Å². The molecule has 30 heavy (non-hydrogen) atoms. The SMILES string of the molecule is O=C(OCc1nc(-c2cccc(Br)c2)no1)c1ccccc1C(=O)c1ccccc1. The zero-order valence-corrected chi connectivity index (χ0v) is 17.2. The van der Waals surface area contributed by atoms with Crippen LogP contribution in [0.4, 0.5) is 0 Å². The number of hydrogen-bond donors (Lipinski definition) is 0. The molecule has 0 aliphatic rings. The molecule has 0 saturated heterocycles. The molecule has 0 aliphatic carbocycles. The van der Waals surface area contributed by atoms with Gasteiger partial charge in [0.25, 0.3) is 5.89 Å². The van der Waals surface area contributed by atoms with Crippen LogP contribution in [0.2, 0.25) is 0 Å². The predicted octanol–water partition coefficient (Wildman–Crippen LogP) is 5.09. The Morgan fingerprint density at radius 1 is 0.900 bits per heavy atom. The van der Waals surface area contributed by atoms with E-state index in [0.717, 1.165) is 10.0 Å². The molecule has 3 aromatic carbocycles. The molecule has 148 valence electrons. The van der Waals surface area contributed by atoms with Gasteiger partial charge in [0.2, 0.25) is 5.82 Å². The second kappa shape index (κ2) is 8.84. The first-order valence-corrected chi connectivity index (χ1v) is 9.85. The summed E-state index contributed by atoms with van der Waals surface area (Å²) in [4.78, 5) is 29.7. The van der Waals surface area contributed by atoms with Gasteiger partial charge in [-0.05, 0) is 18.2 Å². The molecule has 0 aliphatic heterocycles. The number of ketones is 1. The smallest absolute Gasteiger partial charge is 0.339 e. The van der Waals surface area contributed by atoms with Crippen LogP contribution in [0.5, 0.6) is 0 Å². The minimum atomic E-state index is -0.642. The Bertz CT molecular complexity index is 1200. The highest BCUT2D eigenvalue weighted by Crippen LogP contribution is 2.21. The van der Waals surface area contributed by atoms with Crippen LogP contribution in [0, 0.1) is 0 Å². The van der Waals surface area contributed by atoms with Gasteiger partial charge in [-0.3, -0.25) is 4.79 Å². The van der Waals surface area contributed by atoms with E-state index in [1.807, 2.05) is 30.3 Å². The van der Waals surface area contributed by atoms with Gasteiger partial charge >= 0.3 is 5.97 Å². The van der Waals surface area contributed by atoms with Crippen molar-refractivity contribution in [2.24, 2.45) is 0 Å². The molecule has 1 aromatic heterocycles. The molecule has 0 spiro atoms. The van der Waals surface area contributed by atoms with Crippen LogP contribution < -0.4 is 0 Å². The molecule has 4 aromatic rings. The average molecular weight is 463 g/mol. The summed E-state index contributed by atoms with van der Waals surface area (Å²) in [5.74, 6) is -0.345. The van der Waals surface area contributed by atoms with E-state index in [1.54, 1.807) is 48.5 Å². The van der Waals surface area contributed by atoms with E-state index in [9.17, 15) is 9.59 Å².